The van der Waals surface area contributed by atoms with Gasteiger partial charge in [-0.2, -0.15) is 4.98 Å². The number of sulfonamides is 1. The quantitative estimate of drug-likeness (QED) is 0.231. The van der Waals surface area contributed by atoms with Gasteiger partial charge in [-0.1, -0.05) is 6.07 Å². The predicted octanol–water partition coefficient (Wildman–Crippen LogP) is 1.16. The molecular formula is C19H19ClFN7O6S. The van der Waals surface area contributed by atoms with Crippen LogP contribution < -0.4 is 21.1 Å². The van der Waals surface area contributed by atoms with E-state index in [0.717, 1.165) is 24.4 Å². The molecule has 0 unspecified atom stereocenters. The number of nitrogens with two attached hydrogens (primary N) is 1. The zero-order valence-electron chi connectivity index (χ0n) is 17.7. The molecule has 13 nitrogen and oxygen atoms in total. The van der Waals surface area contributed by atoms with Gasteiger partial charge in [0.1, 0.15) is 0 Å². The second-order valence-corrected chi connectivity index (χ2v) is 10.3. The van der Waals surface area contributed by atoms with E-state index in [1.165, 1.54) is 6.07 Å². The molecule has 0 saturated heterocycles. The number of carbonyl (C=O) groups is 2. The number of nitro groups is 1. The van der Waals surface area contributed by atoms with Gasteiger partial charge in [-0.15, -0.1) is 0 Å². The van der Waals surface area contributed by atoms with Crippen LogP contribution in [0.2, 0.25) is 5.28 Å². The first-order valence-electron chi connectivity index (χ1n) is 10.3. The zero-order valence-corrected chi connectivity index (χ0v) is 19.3. The van der Waals surface area contributed by atoms with Gasteiger partial charge in [0.05, 0.1) is 21.9 Å². The molecule has 2 aliphatic carbocycles. The van der Waals surface area contributed by atoms with Crippen LogP contribution in [-0.2, 0) is 14.8 Å². The molecular weight excluding hydrogens is 509 g/mol. The fraction of sp³-hybridized carbons (Fsp3) is 0.368. The minimum absolute atomic E-state index is 0.215. The first kappa shape index (κ1) is 24.5. The molecule has 2 aliphatic rings. The number of aromatic nitrogens is 2. The molecule has 35 heavy (non-hydrogen) atoms. The summed E-state index contributed by atoms with van der Waals surface area (Å²) in [7, 11) is -4.40. The van der Waals surface area contributed by atoms with Gasteiger partial charge in [0, 0.05) is 30.1 Å². The number of fused-ring (bicyclic) bond motifs is 2. The number of primary amides is 1. The van der Waals surface area contributed by atoms with Crippen molar-refractivity contribution in [3.63, 3.8) is 0 Å². The van der Waals surface area contributed by atoms with E-state index < -0.39 is 67.2 Å². The number of nitrogens with one attached hydrogen (secondary N) is 3. The van der Waals surface area contributed by atoms with E-state index in [1.54, 1.807) is 0 Å². The molecule has 0 spiro atoms. The second kappa shape index (κ2) is 9.22. The summed E-state index contributed by atoms with van der Waals surface area (Å²) < 4.78 is 41.1. The molecule has 0 radical (unpaired) electrons. The molecule has 2 fully saturated rings. The first-order valence-corrected chi connectivity index (χ1v) is 12.1. The Morgan fingerprint density at radius 1 is 1.29 bits per heavy atom. The fourth-order valence-electron chi connectivity index (χ4n) is 4.88. The summed E-state index contributed by atoms with van der Waals surface area (Å²) in [4.78, 5) is 41.6. The molecule has 2 saturated carbocycles. The number of rotatable bonds is 7. The van der Waals surface area contributed by atoms with Crippen molar-refractivity contribution in [1.29, 1.82) is 0 Å². The van der Waals surface area contributed by atoms with Crippen LogP contribution in [0, 0.1) is 33.7 Å². The van der Waals surface area contributed by atoms with E-state index in [4.69, 9.17) is 17.3 Å². The number of anilines is 1. The van der Waals surface area contributed by atoms with E-state index in [1.807, 2.05) is 4.72 Å². The highest BCUT2D eigenvalue weighted by atomic mass is 35.5. The van der Waals surface area contributed by atoms with Gasteiger partial charge in [0.25, 0.3) is 15.7 Å². The van der Waals surface area contributed by atoms with Crippen LogP contribution >= 0.6 is 11.6 Å². The Labute approximate surface area is 202 Å². The third-order valence-corrected chi connectivity index (χ3v) is 7.74. The van der Waals surface area contributed by atoms with Crippen molar-refractivity contribution < 1.29 is 27.3 Å². The van der Waals surface area contributed by atoms with Gasteiger partial charge in [0.2, 0.25) is 11.2 Å². The topological polar surface area (TPSA) is 199 Å². The summed E-state index contributed by atoms with van der Waals surface area (Å²) in [6.45, 7) is 0. The van der Waals surface area contributed by atoms with Crippen LogP contribution in [0.3, 0.4) is 0 Å². The van der Waals surface area contributed by atoms with Crippen molar-refractivity contribution in [3.8, 4) is 0 Å². The minimum Gasteiger partial charge on any atom is -0.369 e. The van der Waals surface area contributed by atoms with E-state index >= 15 is 0 Å². The summed E-state index contributed by atoms with van der Waals surface area (Å²) >= 11 is 5.74. The number of amides is 3. The molecule has 1 heterocycles. The van der Waals surface area contributed by atoms with Gasteiger partial charge < -0.3 is 16.4 Å². The molecule has 2 bridgehead atoms. The Hall–Kier alpha value is -3.59. The van der Waals surface area contributed by atoms with Gasteiger partial charge in [-0.05, 0) is 36.4 Å². The summed E-state index contributed by atoms with van der Waals surface area (Å²) in [6, 6.07) is 1.90. The van der Waals surface area contributed by atoms with Crippen molar-refractivity contribution in [2.45, 2.75) is 29.8 Å². The number of nitro benzene ring substituents is 1. The third kappa shape index (κ3) is 4.95. The monoisotopic (exact) mass is 527 g/mol. The number of halogens is 2. The zero-order chi connectivity index (χ0) is 25.5. The molecule has 3 amide bonds. The standard InChI is InChI=1S/C19H19ClFN7O6S/c20-18-23-7-12(21)17(26-18)25-15-11-4-8(14(15)16(22)29)5-13(11)24-19(30)27-35(33,34)10-3-1-2-9(6-10)28(31)32/h1-3,6-8,11,13-15H,4-5H2,(H2,22,29)(H,23,25,26)(H2,24,27,30)/t8-,11+,13+,14-,15+/m0/s1. The van der Waals surface area contributed by atoms with Crippen molar-refractivity contribution in [1.82, 2.24) is 20.0 Å². The Bertz CT molecular complexity index is 1310. The van der Waals surface area contributed by atoms with Crippen LogP contribution in [0.15, 0.2) is 35.4 Å². The number of hydrogen-bond donors (Lipinski definition) is 4. The number of carbonyl (C=O) groups excluding carboxylic acids is 2. The number of non-ortho nitro benzene ring substituents is 1. The molecule has 1 aromatic heterocycles. The number of urea groups is 1. The SMILES string of the molecule is NC(=O)[C@H]1[C@H]2C[C@@H]([C@H]1Nc1nc(Cl)ncc1F)[C@H](NC(=O)NS(=O)(=O)c1cccc([N+](=O)[O-])c1)C2. The molecule has 1 aromatic carbocycles. The summed E-state index contributed by atoms with van der Waals surface area (Å²) in [5.74, 6) is -2.96. The maximum absolute atomic E-state index is 14.2. The Morgan fingerprint density at radius 2 is 2.03 bits per heavy atom. The number of benzene rings is 1. The molecule has 5 N–H and O–H groups in total. The molecule has 2 aromatic rings. The summed E-state index contributed by atoms with van der Waals surface area (Å²) in [5, 5.41) is 16.1. The van der Waals surface area contributed by atoms with Crippen LogP contribution in [0.5, 0.6) is 0 Å². The predicted molar refractivity (Wildman–Crippen MR) is 119 cm³/mol. The first-order chi connectivity index (χ1) is 16.5. The Morgan fingerprint density at radius 3 is 2.71 bits per heavy atom. The average Bonchev–Trinajstić information content (AvgIpc) is 3.33. The fourth-order valence-corrected chi connectivity index (χ4v) is 5.97. The smallest absolute Gasteiger partial charge is 0.328 e. The number of hydrogen-bond acceptors (Lipinski definition) is 9. The van der Waals surface area contributed by atoms with Gasteiger partial charge in [-0.3, -0.25) is 14.9 Å². The Balaban J connectivity index is 1.49. The van der Waals surface area contributed by atoms with E-state index in [0.29, 0.717) is 12.8 Å². The van der Waals surface area contributed by atoms with Crippen LogP contribution in [-0.4, -0.2) is 47.3 Å². The lowest BCUT2D eigenvalue weighted by Crippen LogP contribution is -2.53. The highest BCUT2D eigenvalue weighted by Gasteiger charge is 2.55. The lowest BCUT2D eigenvalue weighted by molar-refractivity contribution is -0.385. The lowest BCUT2D eigenvalue weighted by Gasteiger charge is -2.35. The highest BCUT2D eigenvalue weighted by molar-refractivity contribution is 7.90. The van der Waals surface area contributed by atoms with Gasteiger partial charge >= 0.3 is 6.03 Å². The molecule has 186 valence electrons. The van der Waals surface area contributed by atoms with Gasteiger partial charge in [-0.25, -0.2) is 27.3 Å². The maximum atomic E-state index is 14.2. The van der Waals surface area contributed by atoms with E-state index in [2.05, 4.69) is 20.6 Å². The summed E-state index contributed by atoms with van der Waals surface area (Å²) in [5.41, 5.74) is 5.11. The van der Waals surface area contributed by atoms with Crippen LogP contribution in [0.4, 0.5) is 20.7 Å². The maximum Gasteiger partial charge on any atom is 0.328 e. The molecule has 0 aliphatic heterocycles. The van der Waals surface area contributed by atoms with Crippen molar-refractivity contribution in [2.24, 2.45) is 23.5 Å². The van der Waals surface area contributed by atoms with E-state index in [9.17, 15) is 32.5 Å². The summed E-state index contributed by atoms with van der Waals surface area (Å²) in [6.07, 6.45) is 1.67. The Kier molecular flexibility index (Phi) is 6.46. The van der Waals surface area contributed by atoms with Gasteiger partial charge in [0.15, 0.2) is 11.6 Å². The van der Waals surface area contributed by atoms with Crippen molar-refractivity contribution in [2.75, 3.05) is 5.32 Å². The van der Waals surface area contributed by atoms with Crippen LogP contribution in [0.25, 0.3) is 0 Å². The minimum atomic E-state index is -4.40. The third-order valence-electron chi connectivity index (χ3n) is 6.23. The molecule has 5 atom stereocenters. The largest absolute Gasteiger partial charge is 0.369 e. The van der Waals surface area contributed by atoms with Crippen LogP contribution in [0.1, 0.15) is 12.8 Å². The van der Waals surface area contributed by atoms with Crippen molar-refractivity contribution in [3.05, 3.63) is 51.7 Å². The van der Waals surface area contributed by atoms with E-state index in [-0.39, 0.29) is 17.0 Å². The number of nitrogens with zero attached hydrogens (tertiary/aromatic N) is 3. The second-order valence-electron chi connectivity index (χ2n) is 8.27. The highest BCUT2D eigenvalue weighted by Crippen LogP contribution is 2.49. The average molecular weight is 528 g/mol. The molecule has 4 rings (SSSR count). The van der Waals surface area contributed by atoms with Crippen molar-refractivity contribution >= 4 is 45.1 Å². The normalized spacial score (nSPS) is 25.1. The lowest BCUT2D eigenvalue weighted by atomic mass is 9.81. The molecule has 16 heteroatoms.